The van der Waals surface area contributed by atoms with Crippen molar-refractivity contribution < 1.29 is 19.2 Å². The predicted octanol–water partition coefficient (Wildman–Crippen LogP) is 4.64. The van der Waals surface area contributed by atoms with Crippen LogP contribution in [0.3, 0.4) is 0 Å². The molecule has 0 heterocycles. The average molecular weight is 469 g/mol. The Morgan fingerprint density at radius 1 is 1.18 bits per heavy atom. The second-order valence-corrected chi connectivity index (χ2v) is 7.58. The van der Waals surface area contributed by atoms with Crippen molar-refractivity contribution in [3.05, 3.63) is 62.6 Å². The minimum atomic E-state index is -0.554. The van der Waals surface area contributed by atoms with Gasteiger partial charge in [0.25, 0.3) is 11.6 Å². The molecule has 0 aliphatic heterocycles. The zero-order valence-corrected chi connectivity index (χ0v) is 17.9. The number of benzene rings is 2. The fourth-order valence-electron chi connectivity index (χ4n) is 2.33. The van der Waals surface area contributed by atoms with E-state index in [0.29, 0.717) is 18.1 Å². The fraction of sp³-hybridized carbons (Fsp3) is 0.316. The van der Waals surface area contributed by atoms with E-state index >= 15 is 0 Å². The molecular formula is C19H21BrN2O5S. The van der Waals surface area contributed by atoms with Crippen molar-refractivity contribution in [1.29, 1.82) is 0 Å². The van der Waals surface area contributed by atoms with Crippen molar-refractivity contribution in [2.24, 2.45) is 0 Å². The molecule has 2 aromatic carbocycles. The number of nitrogens with zero attached hydrogens (tertiary/aromatic N) is 1. The molecule has 7 nitrogen and oxygen atoms in total. The second kappa shape index (κ2) is 11.2. The molecule has 1 amide bonds. The highest BCUT2D eigenvalue weighted by Gasteiger charge is 2.19. The SMILES string of the molecule is CCOC(CNC(=O)c1ccc(Sc2ccc(Br)cc2)c([N+](=O)[O-])c1)OCC. The van der Waals surface area contributed by atoms with E-state index in [1.165, 1.54) is 17.8 Å². The Bertz CT molecular complexity index is 810. The van der Waals surface area contributed by atoms with E-state index < -0.39 is 17.1 Å². The molecule has 1 N–H and O–H groups in total. The van der Waals surface area contributed by atoms with Crippen LogP contribution >= 0.6 is 27.7 Å². The number of hydrogen-bond acceptors (Lipinski definition) is 6. The summed E-state index contributed by atoms with van der Waals surface area (Å²) in [5, 5.41) is 14.2. The lowest BCUT2D eigenvalue weighted by Crippen LogP contribution is -2.35. The first-order chi connectivity index (χ1) is 13.4. The van der Waals surface area contributed by atoms with Crippen molar-refractivity contribution in [3.8, 4) is 0 Å². The quantitative estimate of drug-likeness (QED) is 0.310. The zero-order valence-electron chi connectivity index (χ0n) is 15.5. The van der Waals surface area contributed by atoms with Crippen LogP contribution in [-0.4, -0.2) is 36.9 Å². The highest BCUT2D eigenvalue weighted by molar-refractivity contribution is 9.10. The number of amides is 1. The maximum Gasteiger partial charge on any atom is 0.284 e. The van der Waals surface area contributed by atoms with Gasteiger partial charge in [0.1, 0.15) is 0 Å². The summed E-state index contributed by atoms with van der Waals surface area (Å²) in [7, 11) is 0. The van der Waals surface area contributed by atoms with Crippen LogP contribution in [0.2, 0.25) is 0 Å². The van der Waals surface area contributed by atoms with Gasteiger partial charge in [-0.05, 0) is 50.2 Å². The fourth-order valence-corrected chi connectivity index (χ4v) is 3.50. The molecule has 0 aliphatic carbocycles. The molecule has 9 heteroatoms. The van der Waals surface area contributed by atoms with Crippen LogP contribution in [0.5, 0.6) is 0 Å². The van der Waals surface area contributed by atoms with Crippen molar-refractivity contribution in [2.45, 2.75) is 29.9 Å². The first-order valence-corrected chi connectivity index (χ1v) is 10.3. The number of hydrogen-bond donors (Lipinski definition) is 1. The van der Waals surface area contributed by atoms with Crippen LogP contribution in [0.15, 0.2) is 56.7 Å². The molecule has 0 unspecified atom stereocenters. The maximum absolute atomic E-state index is 12.4. The van der Waals surface area contributed by atoms with Gasteiger partial charge >= 0.3 is 0 Å². The van der Waals surface area contributed by atoms with Gasteiger partial charge in [-0.25, -0.2) is 0 Å². The third-order valence-electron chi connectivity index (χ3n) is 3.59. The lowest BCUT2D eigenvalue weighted by atomic mass is 10.2. The standard InChI is InChI=1S/C19H21BrN2O5S/c1-3-26-18(27-4-2)12-21-19(23)13-5-10-17(16(11-13)22(24)25)28-15-8-6-14(20)7-9-15/h5-11,18H,3-4,12H2,1-2H3,(H,21,23). The van der Waals surface area contributed by atoms with Crippen LogP contribution in [0.4, 0.5) is 5.69 Å². The molecule has 0 fully saturated rings. The molecule has 0 bridgehead atoms. The Balaban J connectivity index is 2.13. The average Bonchev–Trinajstić information content (AvgIpc) is 2.68. The number of nitrogens with one attached hydrogen (secondary N) is 1. The van der Waals surface area contributed by atoms with Crippen LogP contribution in [0.1, 0.15) is 24.2 Å². The summed E-state index contributed by atoms with van der Waals surface area (Å²) in [6.07, 6.45) is -0.554. The zero-order chi connectivity index (χ0) is 20.5. The van der Waals surface area contributed by atoms with E-state index in [-0.39, 0.29) is 17.8 Å². The normalized spacial score (nSPS) is 10.9. The number of rotatable bonds is 10. The Morgan fingerprint density at radius 2 is 1.82 bits per heavy atom. The number of nitro groups is 1. The van der Waals surface area contributed by atoms with Crippen molar-refractivity contribution in [2.75, 3.05) is 19.8 Å². The van der Waals surface area contributed by atoms with Gasteiger partial charge in [0.15, 0.2) is 6.29 Å². The molecule has 2 aromatic rings. The van der Waals surface area contributed by atoms with Crippen LogP contribution in [0, 0.1) is 10.1 Å². The van der Waals surface area contributed by atoms with Crippen molar-refractivity contribution >= 4 is 39.3 Å². The molecule has 0 radical (unpaired) electrons. The van der Waals surface area contributed by atoms with Gasteiger partial charge in [-0.2, -0.15) is 0 Å². The summed E-state index contributed by atoms with van der Waals surface area (Å²) in [6.45, 7) is 4.73. The van der Waals surface area contributed by atoms with Gasteiger partial charge in [0.05, 0.1) is 16.4 Å². The van der Waals surface area contributed by atoms with Gasteiger partial charge in [-0.1, -0.05) is 27.7 Å². The number of nitro benzene ring substituents is 1. The summed E-state index contributed by atoms with van der Waals surface area (Å²) >= 11 is 4.63. The summed E-state index contributed by atoms with van der Waals surface area (Å²) in [4.78, 5) is 24.7. The van der Waals surface area contributed by atoms with E-state index in [0.717, 1.165) is 9.37 Å². The highest BCUT2D eigenvalue weighted by atomic mass is 79.9. The monoisotopic (exact) mass is 468 g/mol. The van der Waals surface area contributed by atoms with Crippen LogP contribution < -0.4 is 5.32 Å². The Labute approximate surface area is 176 Å². The number of halogens is 1. The third-order valence-corrected chi connectivity index (χ3v) is 5.20. The summed E-state index contributed by atoms with van der Waals surface area (Å²) in [5.41, 5.74) is 0.0883. The molecule has 0 aliphatic rings. The minimum absolute atomic E-state index is 0.119. The van der Waals surface area contributed by atoms with E-state index in [9.17, 15) is 14.9 Å². The predicted molar refractivity (Wildman–Crippen MR) is 111 cm³/mol. The molecule has 0 saturated carbocycles. The molecule has 28 heavy (non-hydrogen) atoms. The molecule has 0 saturated heterocycles. The molecule has 0 spiro atoms. The Hall–Kier alpha value is -1.94. The maximum atomic E-state index is 12.4. The lowest BCUT2D eigenvalue weighted by molar-refractivity contribution is -0.387. The molecular weight excluding hydrogens is 448 g/mol. The van der Waals surface area contributed by atoms with E-state index in [4.69, 9.17) is 9.47 Å². The topological polar surface area (TPSA) is 90.7 Å². The van der Waals surface area contributed by atoms with Gasteiger partial charge in [-0.3, -0.25) is 14.9 Å². The van der Waals surface area contributed by atoms with Gasteiger partial charge < -0.3 is 14.8 Å². The van der Waals surface area contributed by atoms with Gasteiger partial charge in [0.2, 0.25) is 0 Å². The minimum Gasteiger partial charge on any atom is -0.351 e. The molecule has 150 valence electrons. The highest BCUT2D eigenvalue weighted by Crippen LogP contribution is 2.35. The number of carbonyl (C=O) groups is 1. The first kappa shape index (κ1) is 22.4. The number of ether oxygens (including phenoxy) is 2. The van der Waals surface area contributed by atoms with Gasteiger partial charge in [-0.15, -0.1) is 0 Å². The Morgan fingerprint density at radius 3 is 2.39 bits per heavy atom. The summed E-state index contributed by atoms with van der Waals surface area (Å²) < 4.78 is 11.7. The lowest BCUT2D eigenvalue weighted by Gasteiger charge is -2.17. The summed E-state index contributed by atoms with van der Waals surface area (Å²) in [5.74, 6) is -0.423. The first-order valence-electron chi connectivity index (χ1n) is 8.67. The third kappa shape index (κ3) is 6.59. The summed E-state index contributed by atoms with van der Waals surface area (Å²) in [6, 6.07) is 11.9. The Kier molecular flexibility index (Phi) is 8.91. The second-order valence-electron chi connectivity index (χ2n) is 5.55. The van der Waals surface area contributed by atoms with Crippen LogP contribution in [0.25, 0.3) is 0 Å². The van der Waals surface area contributed by atoms with Crippen molar-refractivity contribution in [1.82, 2.24) is 5.32 Å². The molecule has 0 aromatic heterocycles. The van der Waals surface area contributed by atoms with E-state index in [2.05, 4.69) is 21.2 Å². The molecule has 2 rings (SSSR count). The largest absolute Gasteiger partial charge is 0.351 e. The van der Waals surface area contributed by atoms with E-state index in [1.807, 2.05) is 38.1 Å². The smallest absolute Gasteiger partial charge is 0.284 e. The number of carbonyl (C=O) groups excluding carboxylic acids is 1. The van der Waals surface area contributed by atoms with Crippen LogP contribution in [-0.2, 0) is 9.47 Å². The van der Waals surface area contributed by atoms with Crippen molar-refractivity contribution in [3.63, 3.8) is 0 Å². The molecule has 0 atom stereocenters. The van der Waals surface area contributed by atoms with E-state index in [1.54, 1.807) is 12.1 Å². The van der Waals surface area contributed by atoms with Gasteiger partial charge in [0, 0.05) is 34.2 Å².